The number of rotatable bonds is 21. The summed E-state index contributed by atoms with van der Waals surface area (Å²) in [5, 5.41) is 0. The summed E-state index contributed by atoms with van der Waals surface area (Å²) in [5.41, 5.74) is 1.40. The van der Waals surface area contributed by atoms with Crippen LogP contribution in [0.15, 0.2) is 24.3 Å². The van der Waals surface area contributed by atoms with Gasteiger partial charge in [0.15, 0.2) is 0 Å². The summed E-state index contributed by atoms with van der Waals surface area (Å²) in [6.45, 7) is 5.54. The molecule has 0 unspecified atom stereocenters. The Labute approximate surface area is 184 Å². The van der Waals surface area contributed by atoms with Gasteiger partial charge in [0.1, 0.15) is 12.4 Å². The largest absolute Gasteiger partial charge is 0.491 e. The first-order valence-electron chi connectivity index (χ1n) is 11.8. The van der Waals surface area contributed by atoms with Gasteiger partial charge in [0, 0.05) is 12.5 Å². The number of hydrogen-bond acceptors (Lipinski definition) is 3. The highest BCUT2D eigenvalue weighted by molar-refractivity contribution is 6.17. The first kappa shape index (κ1) is 26.3. The van der Waals surface area contributed by atoms with Crippen LogP contribution in [0.3, 0.4) is 0 Å². The lowest BCUT2D eigenvalue weighted by molar-refractivity contribution is 0.0352. The van der Waals surface area contributed by atoms with Crippen LogP contribution in [0.5, 0.6) is 5.75 Å². The van der Waals surface area contributed by atoms with E-state index in [4.69, 9.17) is 25.8 Å². The van der Waals surface area contributed by atoms with Gasteiger partial charge in [-0.2, -0.15) is 0 Å². The molecule has 0 fully saturated rings. The average molecular weight is 427 g/mol. The number of ether oxygens (including phenoxy) is 3. The Bertz CT molecular complexity index is 450. The van der Waals surface area contributed by atoms with Crippen molar-refractivity contribution in [2.45, 2.75) is 84.0 Å². The van der Waals surface area contributed by atoms with Gasteiger partial charge in [0.25, 0.3) is 0 Å². The van der Waals surface area contributed by atoms with Gasteiger partial charge in [-0.1, -0.05) is 70.4 Å². The third-order valence-electron chi connectivity index (χ3n) is 5.03. The maximum atomic E-state index is 5.75. The summed E-state index contributed by atoms with van der Waals surface area (Å²) in [4.78, 5) is 0. The van der Waals surface area contributed by atoms with Crippen LogP contribution in [0.1, 0.15) is 83.1 Å². The fraction of sp³-hybridized carbons (Fsp3) is 0.760. The highest BCUT2D eigenvalue weighted by atomic mass is 35.5. The van der Waals surface area contributed by atoms with E-state index < -0.39 is 0 Å². The molecular formula is C25H43ClO3. The van der Waals surface area contributed by atoms with Gasteiger partial charge in [-0.3, -0.25) is 0 Å². The summed E-state index contributed by atoms with van der Waals surface area (Å²) in [5.74, 6) is 1.69. The molecule has 1 rings (SSSR count). The molecule has 0 spiro atoms. The predicted molar refractivity (Wildman–Crippen MR) is 124 cm³/mol. The van der Waals surface area contributed by atoms with Crippen LogP contribution < -0.4 is 4.74 Å². The molecule has 0 aliphatic carbocycles. The second-order valence-corrected chi connectivity index (χ2v) is 8.07. The maximum Gasteiger partial charge on any atom is 0.119 e. The molecule has 1 aromatic rings. The highest BCUT2D eigenvalue weighted by Crippen LogP contribution is 2.15. The zero-order valence-corrected chi connectivity index (χ0v) is 19.4. The van der Waals surface area contributed by atoms with Gasteiger partial charge in [0.05, 0.1) is 19.8 Å². The smallest absolute Gasteiger partial charge is 0.119 e. The third kappa shape index (κ3) is 16.7. The molecule has 0 aliphatic rings. The standard InChI is InChI=1S/C25H43ClO3/c1-2-3-4-5-6-7-10-13-24-14-16-25(17-15-24)29-23-22-28-21-20-27-19-12-9-8-11-18-26/h14-17H,2-13,18-23H2,1H3. The zero-order valence-electron chi connectivity index (χ0n) is 18.6. The van der Waals surface area contributed by atoms with Crippen molar-refractivity contribution >= 4 is 11.6 Å². The minimum absolute atomic E-state index is 0.579. The van der Waals surface area contributed by atoms with Gasteiger partial charge < -0.3 is 14.2 Å². The van der Waals surface area contributed by atoms with E-state index in [9.17, 15) is 0 Å². The van der Waals surface area contributed by atoms with E-state index in [1.54, 1.807) is 0 Å². The Kier molecular flexibility index (Phi) is 18.6. The second kappa shape index (κ2) is 20.5. The molecule has 3 nitrogen and oxygen atoms in total. The van der Waals surface area contributed by atoms with E-state index in [2.05, 4.69) is 31.2 Å². The number of unbranched alkanes of at least 4 members (excludes halogenated alkanes) is 9. The molecule has 0 radical (unpaired) electrons. The molecule has 0 aromatic heterocycles. The van der Waals surface area contributed by atoms with E-state index in [0.717, 1.165) is 31.1 Å². The van der Waals surface area contributed by atoms with Crippen LogP contribution >= 0.6 is 11.6 Å². The van der Waals surface area contributed by atoms with Gasteiger partial charge in [0.2, 0.25) is 0 Å². The predicted octanol–water partition coefficient (Wildman–Crippen LogP) is 7.19. The Balaban J connectivity index is 1.91. The Morgan fingerprint density at radius 3 is 1.93 bits per heavy atom. The van der Waals surface area contributed by atoms with Gasteiger partial charge in [-0.15, -0.1) is 11.6 Å². The third-order valence-corrected chi connectivity index (χ3v) is 5.30. The van der Waals surface area contributed by atoms with E-state index >= 15 is 0 Å². The van der Waals surface area contributed by atoms with Gasteiger partial charge >= 0.3 is 0 Å². The molecule has 1 aromatic carbocycles. The van der Waals surface area contributed by atoms with E-state index in [1.165, 1.54) is 69.8 Å². The van der Waals surface area contributed by atoms with Crippen LogP contribution in [0.2, 0.25) is 0 Å². The molecule has 0 aliphatic heterocycles. The Morgan fingerprint density at radius 2 is 1.21 bits per heavy atom. The lowest BCUT2D eigenvalue weighted by atomic mass is 10.0. The fourth-order valence-corrected chi connectivity index (χ4v) is 3.42. The lowest BCUT2D eigenvalue weighted by Gasteiger charge is -2.09. The van der Waals surface area contributed by atoms with Crippen molar-refractivity contribution in [2.75, 3.05) is 38.9 Å². The van der Waals surface area contributed by atoms with Crippen LogP contribution in [0.25, 0.3) is 0 Å². The summed E-state index contributed by atoms with van der Waals surface area (Å²) in [7, 11) is 0. The van der Waals surface area contributed by atoms with Crippen molar-refractivity contribution in [3.8, 4) is 5.75 Å². The molecule has 0 N–H and O–H groups in total. The van der Waals surface area contributed by atoms with Crippen LogP contribution in [0.4, 0.5) is 0 Å². The highest BCUT2D eigenvalue weighted by Gasteiger charge is 1.98. The van der Waals surface area contributed by atoms with E-state index in [1.807, 2.05) is 0 Å². The molecule has 4 heteroatoms. The van der Waals surface area contributed by atoms with Crippen LogP contribution in [0, 0.1) is 0 Å². The van der Waals surface area contributed by atoms with Crippen LogP contribution in [-0.2, 0) is 15.9 Å². The quantitative estimate of drug-likeness (QED) is 0.154. The molecule has 0 heterocycles. The molecule has 0 bridgehead atoms. The van der Waals surface area contributed by atoms with Crippen molar-refractivity contribution in [3.63, 3.8) is 0 Å². The number of alkyl halides is 1. The Morgan fingerprint density at radius 1 is 0.621 bits per heavy atom. The number of hydrogen-bond donors (Lipinski definition) is 0. The van der Waals surface area contributed by atoms with Crippen molar-refractivity contribution in [2.24, 2.45) is 0 Å². The summed E-state index contributed by atoms with van der Waals surface area (Å²) < 4.78 is 16.9. The van der Waals surface area contributed by atoms with Crippen molar-refractivity contribution in [1.29, 1.82) is 0 Å². The van der Waals surface area contributed by atoms with Crippen LogP contribution in [-0.4, -0.2) is 38.9 Å². The molecule has 168 valence electrons. The normalized spacial score (nSPS) is 11.1. The number of aryl methyl sites for hydroxylation is 1. The van der Waals surface area contributed by atoms with Crippen molar-refractivity contribution in [3.05, 3.63) is 29.8 Å². The zero-order chi connectivity index (χ0) is 20.8. The fourth-order valence-electron chi connectivity index (χ4n) is 3.23. The lowest BCUT2D eigenvalue weighted by Crippen LogP contribution is -2.11. The molecule has 29 heavy (non-hydrogen) atoms. The molecular weight excluding hydrogens is 384 g/mol. The van der Waals surface area contributed by atoms with E-state index in [0.29, 0.717) is 26.4 Å². The molecule has 0 atom stereocenters. The minimum Gasteiger partial charge on any atom is -0.491 e. The number of benzene rings is 1. The van der Waals surface area contributed by atoms with Gasteiger partial charge in [-0.05, 0) is 43.4 Å². The maximum absolute atomic E-state index is 5.75. The average Bonchev–Trinajstić information content (AvgIpc) is 2.75. The summed E-state index contributed by atoms with van der Waals surface area (Å²) >= 11 is 5.65. The summed E-state index contributed by atoms with van der Waals surface area (Å²) in [6.07, 6.45) is 15.3. The SMILES string of the molecule is CCCCCCCCCc1ccc(OCCOCCOCCCCCCCl)cc1. The summed E-state index contributed by atoms with van der Waals surface area (Å²) in [6, 6.07) is 8.52. The topological polar surface area (TPSA) is 27.7 Å². The van der Waals surface area contributed by atoms with Gasteiger partial charge in [-0.25, -0.2) is 0 Å². The van der Waals surface area contributed by atoms with Crippen molar-refractivity contribution in [1.82, 2.24) is 0 Å². The van der Waals surface area contributed by atoms with Crippen molar-refractivity contribution < 1.29 is 14.2 Å². The monoisotopic (exact) mass is 426 g/mol. The molecule has 0 saturated carbocycles. The minimum atomic E-state index is 0.579. The molecule has 0 amide bonds. The molecule has 0 saturated heterocycles. The second-order valence-electron chi connectivity index (χ2n) is 7.69. The van der Waals surface area contributed by atoms with E-state index in [-0.39, 0.29) is 0 Å². The first-order valence-corrected chi connectivity index (χ1v) is 12.3. The first-order chi connectivity index (χ1) is 14.4. The number of halogens is 1. The Hall–Kier alpha value is -0.770.